The first kappa shape index (κ1) is 7.83. The van der Waals surface area contributed by atoms with E-state index in [4.69, 9.17) is 16.3 Å². The number of hydrogen-bond donors (Lipinski definition) is 0. The lowest BCUT2D eigenvalue weighted by Gasteiger charge is -1.77. The maximum atomic E-state index is 5.03. The SMILES string of the molecule is CCO[P+](=S)SC. The van der Waals surface area contributed by atoms with Crippen molar-refractivity contribution in [2.45, 2.75) is 6.92 Å². The molecule has 0 aromatic rings. The van der Waals surface area contributed by atoms with Crippen molar-refractivity contribution in [3.63, 3.8) is 0 Å². The molecular weight excluding hydrogens is 147 g/mol. The maximum absolute atomic E-state index is 5.03. The van der Waals surface area contributed by atoms with Crippen molar-refractivity contribution in [2.24, 2.45) is 0 Å². The van der Waals surface area contributed by atoms with Gasteiger partial charge in [0.05, 0.1) is 6.61 Å². The van der Waals surface area contributed by atoms with Crippen LogP contribution in [0.2, 0.25) is 0 Å². The summed E-state index contributed by atoms with van der Waals surface area (Å²) in [5, 5.41) is 0. The van der Waals surface area contributed by atoms with Gasteiger partial charge < -0.3 is 0 Å². The summed E-state index contributed by atoms with van der Waals surface area (Å²) in [6.07, 6.45) is 1.39. The molecule has 0 saturated carbocycles. The average molecular weight is 155 g/mol. The first-order chi connectivity index (χ1) is 3.31. The molecule has 0 aliphatic rings. The van der Waals surface area contributed by atoms with Crippen molar-refractivity contribution in [2.75, 3.05) is 12.9 Å². The van der Waals surface area contributed by atoms with E-state index in [1.807, 2.05) is 13.2 Å². The van der Waals surface area contributed by atoms with Gasteiger partial charge in [0.15, 0.2) is 0 Å². The summed E-state index contributed by atoms with van der Waals surface area (Å²) in [4.78, 5) is 0. The largest absolute Gasteiger partial charge is 0.414 e. The summed E-state index contributed by atoms with van der Waals surface area (Å²) in [6.45, 7) is 2.70. The molecule has 7 heavy (non-hydrogen) atoms. The Morgan fingerprint density at radius 3 is 2.57 bits per heavy atom. The summed E-state index contributed by atoms with van der Waals surface area (Å²) in [5.74, 6) is 0. The first-order valence-corrected chi connectivity index (χ1v) is 6.05. The Bertz CT molecular complexity index is 66.0. The highest BCUT2D eigenvalue weighted by Gasteiger charge is 2.05. The normalized spacial score (nSPS) is 11.4. The van der Waals surface area contributed by atoms with E-state index in [2.05, 4.69) is 0 Å². The van der Waals surface area contributed by atoms with E-state index in [9.17, 15) is 0 Å². The van der Waals surface area contributed by atoms with Gasteiger partial charge in [-0.05, 0) is 6.92 Å². The molecule has 0 rings (SSSR count). The van der Waals surface area contributed by atoms with Crippen LogP contribution in [-0.2, 0) is 16.3 Å². The predicted octanol–water partition coefficient (Wildman–Crippen LogP) is 2.16. The lowest BCUT2D eigenvalue weighted by Crippen LogP contribution is -1.70. The third-order valence-corrected chi connectivity index (χ3v) is 4.02. The van der Waals surface area contributed by atoms with Crippen molar-refractivity contribution in [3.8, 4) is 0 Å². The van der Waals surface area contributed by atoms with Crippen LogP contribution < -0.4 is 0 Å². The molecule has 42 valence electrons. The fraction of sp³-hybridized carbons (Fsp3) is 1.00. The highest BCUT2D eigenvalue weighted by atomic mass is 32.9. The second-order valence-electron chi connectivity index (χ2n) is 0.824. The van der Waals surface area contributed by atoms with Crippen LogP contribution in [0.4, 0.5) is 0 Å². The number of rotatable bonds is 3. The quantitative estimate of drug-likeness (QED) is 0.578. The van der Waals surface area contributed by atoms with Gasteiger partial charge in [-0.15, -0.1) is 0 Å². The van der Waals surface area contributed by atoms with Crippen molar-refractivity contribution in [1.29, 1.82) is 0 Å². The highest BCUT2D eigenvalue weighted by molar-refractivity contribution is 8.62. The zero-order valence-electron chi connectivity index (χ0n) is 4.38. The fourth-order valence-corrected chi connectivity index (χ4v) is 1.42. The molecule has 0 aromatic heterocycles. The average Bonchev–Trinajstić information content (AvgIpc) is 1.68. The molecule has 1 unspecified atom stereocenters. The van der Waals surface area contributed by atoms with Crippen LogP contribution in [-0.4, -0.2) is 12.9 Å². The topological polar surface area (TPSA) is 9.23 Å². The summed E-state index contributed by atoms with van der Waals surface area (Å²) >= 11 is 6.45. The molecule has 0 amide bonds. The Hall–Kier alpha value is 0.830. The molecule has 0 aromatic carbocycles. The van der Waals surface area contributed by atoms with Crippen LogP contribution in [0.25, 0.3) is 0 Å². The first-order valence-electron chi connectivity index (χ1n) is 1.95. The van der Waals surface area contributed by atoms with Crippen molar-refractivity contribution < 1.29 is 4.52 Å². The molecule has 0 aliphatic heterocycles. The smallest absolute Gasteiger partial charge is 0.159 e. The van der Waals surface area contributed by atoms with E-state index in [0.29, 0.717) is 0 Å². The van der Waals surface area contributed by atoms with E-state index in [1.54, 1.807) is 11.4 Å². The molecule has 0 saturated heterocycles. The third kappa shape index (κ3) is 4.69. The molecule has 1 atom stereocenters. The molecule has 0 spiro atoms. The van der Waals surface area contributed by atoms with Crippen molar-refractivity contribution >= 4 is 29.3 Å². The van der Waals surface area contributed by atoms with E-state index in [0.717, 1.165) is 6.61 Å². The fourth-order valence-electron chi connectivity index (χ4n) is 0.158. The van der Waals surface area contributed by atoms with Gasteiger partial charge in [0.2, 0.25) is 11.8 Å². The van der Waals surface area contributed by atoms with Crippen LogP contribution in [0.3, 0.4) is 0 Å². The Labute approximate surface area is 54.1 Å². The Balaban J connectivity index is 3.00. The minimum absolute atomic E-state index is 0.578. The maximum Gasteiger partial charge on any atom is 0.414 e. The molecule has 0 bridgehead atoms. The molecule has 0 radical (unpaired) electrons. The van der Waals surface area contributed by atoms with Gasteiger partial charge in [-0.1, -0.05) is 0 Å². The lowest BCUT2D eigenvalue weighted by molar-refractivity contribution is 0.396. The number of hydrogen-bond acceptors (Lipinski definition) is 3. The molecule has 0 heterocycles. The van der Waals surface area contributed by atoms with Crippen LogP contribution >= 0.6 is 17.5 Å². The van der Waals surface area contributed by atoms with Crippen molar-refractivity contribution in [1.82, 2.24) is 0 Å². The van der Waals surface area contributed by atoms with Crippen LogP contribution in [0.5, 0.6) is 0 Å². The molecular formula is C3H8OPS2+. The lowest BCUT2D eigenvalue weighted by atomic mass is 10.9. The van der Waals surface area contributed by atoms with Crippen LogP contribution in [0.1, 0.15) is 6.92 Å². The predicted molar refractivity (Wildman–Crippen MR) is 39.4 cm³/mol. The van der Waals surface area contributed by atoms with E-state index in [1.165, 1.54) is 0 Å². The van der Waals surface area contributed by atoms with Gasteiger partial charge in [-0.25, -0.2) is 0 Å². The van der Waals surface area contributed by atoms with Crippen molar-refractivity contribution in [3.05, 3.63) is 0 Å². The van der Waals surface area contributed by atoms with Gasteiger partial charge in [-0.3, -0.25) is 0 Å². The Morgan fingerprint density at radius 1 is 1.86 bits per heavy atom. The zero-order chi connectivity index (χ0) is 5.70. The minimum atomic E-state index is -0.578. The Kier molecular flexibility index (Phi) is 5.57. The molecule has 4 heteroatoms. The molecule has 0 fully saturated rings. The summed E-state index contributed by atoms with van der Waals surface area (Å²) in [6, 6.07) is 0. The highest BCUT2D eigenvalue weighted by Crippen LogP contribution is 2.35. The summed E-state index contributed by atoms with van der Waals surface area (Å²) < 4.78 is 5.03. The Morgan fingerprint density at radius 2 is 2.43 bits per heavy atom. The van der Waals surface area contributed by atoms with E-state index >= 15 is 0 Å². The molecule has 1 nitrogen and oxygen atoms in total. The van der Waals surface area contributed by atoms with Gasteiger partial charge in [-0.2, -0.15) is 4.52 Å². The van der Waals surface area contributed by atoms with Crippen LogP contribution in [0.15, 0.2) is 0 Å². The molecule has 0 N–H and O–H groups in total. The monoisotopic (exact) mass is 155 g/mol. The minimum Gasteiger partial charge on any atom is -0.159 e. The standard InChI is InChI=1S/C3H8OPS2/c1-3-4-5(6)7-2/h3H2,1-2H3/q+1. The second-order valence-corrected chi connectivity index (χ2v) is 5.67. The van der Waals surface area contributed by atoms with E-state index < -0.39 is 6.13 Å². The third-order valence-electron chi connectivity index (χ3n) is 0.384. The zero-order valence-corrected chi connectivity index (χ0v) is 6.91. The van der Waals surface area contributed by atoms with Crippen LogP contribution in [0, 0.1) is 0 Å². The van der Waals surface area contributed by atoms with Gasteiger partial charge in [0, 0.05) is 6.26 Å². The summed E-state index contributed by atoms with van der Waals surface area (Å²) in [7, 11) is 0. The second kappa shape index (κ2) is 4.98. The van der Waals surface area contributed by atoms with Gasteiger partial charge in [0.25, 0.3) is 0 Å². The van der Waals surface area contributed by atoms with Gasteiger partial charge >= 0.3 is 6.13 Å². The van der Waals surface area contributed by atoms with E-state index in [-0.39, 0.29) is 0 Å². The summed E-state index contributed by atoms with van der Waals surface area (Å²) in [5.41, 5.74) is 0. The van der Waals surface area contributed by atoms with Gasteiger partial charge in [0.1, 0.15) is 11.4 Å². The molecule has 0 aliphatic carbocycles.